The summed E-state index contributed by atoms with van der Waals surface area (Å²) in [5.41, 5.74) is -0.306. The van der Waals surface area contributed by atoms with Crippen molar-refractivity contribution in [2.45, 2.75) is 13.1 Å². The number of hydrogen-bond donors (Lipinski definition) is 1. The number of anilines is 1. The minimum Gasteiger partial charge on any atom is -0.497 e. The van der Waals surface area contributed by atoms with E-state index in [2.05, 4.69) is 5.32 Å². The second kappa shape index (κ2) is 8.34. The lowest BCUT2D eigenvalue weighted by molar-refractivity contribution is -0.116. The van der Waals surface area contributed by atoms with Crippen LogP contribution in [0.25, 0.3) is 0 Å². The first kappa shape index (κ1) is 19.1. The van der Waals surface area contributed by atoms with E-state index in [1.54, 1.807) is 31.4 Å². The molecule has 1 aromatic heterocycles. The maximum absolute atomic E-state index is 12.9. The molecule has 0 bridgehead atoms. The maximum Gasteiger partial charge on any atom is 0.316 e. The predicted molar refractivity (Wildman–Crippen MR) is 102 cm³/mol. The summed E-state index contributed by atoms with van der Waals surface area (Å²) < 4.78 is 20.3. The number of benzene rings is 2. The fourth-order valence-corrected chi connectivity index (χ4v) is 2.61. The topological polar surface area (TPSA) is 82.3 Å². The van der Waals surface area contributed by atoms with E-state index >= 15 is 0 Å². The van der Waals surface area contributed by atoms with E-state index in [0.29, 0.717) is 11.4 Å². The second-order valence-electron chi connectivity index (χ2n) is 6.07. The molecule has 0 fully saturated rings. The number of ether oxygens (including phenoxy) is 1. The van der Waals surface area contributed by atoms with Crippen molar-refractivity contribution in [1.82, 2.24) is 9.13 Å². The van der Waals surface area contributed by atoms with Crippen LogP contribution in [0.15, 0.2) is 70.5 Å². The lowest BCUT2D eigenvalue weighted by Gasteiger charge is -2.10. The van der Waals surface area contributed by atoms with Crippen molar-refractivity contribution in [3.8, 4) is 5.75 Å². The van der Waals surface area contributed by atoms with E-state index in [-0.39, 0.29) is 13.1 Å². The van der Waals surface area contributed by atoms with Crippen molar-refractivity contribution in [3.05, 3.63) is 93.0 Å². The Morgan fingerprint density at radius 1 is 0.964 bits per heavy atom. The number of carbonyl (C=O) groups is 1. The SMILES string of the molecule is COc1ccc(Cn2ccn(CC(=O)Nc3ccc(F)cc3)c(=O)c2=O)cc1. The molecule has 3 rings (SSSR count). The minimum absolute atomic E-state index is 0.223. The zero-order valence-electron chi connectivity index (χ0n) is 15.1. The molecule has 1 amide bonds. The molecule has 0 radical (unpaired) electrons. The molecule has 8 heteroatoms. The van der Waals surface area contributed by atoms with Gasteiger partial charge in [-0.05, 0) is 42.0 Å². The van der Waals surface area contributed by atoms with E-state index in [4.69, 9.17) is 4.74 Å². The zero-order chi connectivity index (χ0) is 20.1. The molecule has 7 nitrogen and oxygen atoms in total. The third-order valence-corrected chi connectivity index (χ3v) is 4.09. The van der Waals surface area contributed by atoms with Gasteiger partial charge < -0.3 is 14.6 Å². The number of carbonyl (C=O) groups excluding carboxylic acids is 1. The van der Waals surface area contributed by atoms with E-state index in [0.717, 1.165) is 10.1 Å². The fourth-order valence-electron chi connectivity index (χ4n) is 2.61. The Morgan fingerprint density at radius 2 is 1.57 bits per heavy atom. The molecular weight excluding hydrogens is 365 g/mol. The number of hydrogen-bond acceptors (Lipinski definition) is 4. The quantitative estimate of drug-likeness (QED) is 0.659. The summed E-state index contributed by atoms with van der Waals surface area (Å²) >= 11 is 0. The molecular formula is C20H18FN3O4. The Balaban J connectivity index is 1.72. The van der Waals surface area contributed by atoms with Gasteiger partial charge in [0.2, 0.25) is 5.91 Å². The maximum atomic E-state index is 12.9. The number of halogens is 1. The highest BCUT2D eigenvalue weighted by Crippen LogP contribution is 2.11. The molecule has 1 N–H and O–H groups in total. The van der Waals surface area contributed by atoms with Crippen LogP contribution in [0.3, 0.4) is 0 Å². The summed E-state index contributed by atoms with van der Waals surface area (Å²) in [6, 6.07) is 12.4. The zero-order valence-corrected chi connectivity index (χ0v) is 15.1. The minimum atomic E-state index is -0.801. The molecule has 0 aliphatic rings. The molecule has 0 saturated carbocycles. The highest BCUT2D eigenvalue weighted by Gasteiger charge is 2.10. The molecule has 144 valence electrons. The average molecular weight is 383 g/mol. The number of nitrogens with zero attached hydrogens (tertiary/aromatic N) is 2. The van der Waals surface area contributed by atoms with Gasteiger partial charge in [-0.15, -0.1) is 0 Å². The molecule has 2 aromatic carbocycles. The van der Waals surface area contributed by atoms with Crippen molar-refractivity contribution >= 4 is 11.6 Å². The molecule has 3 aromatic rings. The monoisotopic (exact) mass is 383 g/mol. The Labute approximate surface area is 159 Å². The van der Waals surface area contributed by atoms with E-state index in [1.807, 2.05) is 0 Å². The normalized spacial score (nSPS) is 10.5. The summed E-state index contributed by atoms with van der Waals surface area (Å²) in [5, 5.41) is 2.54. The standard InChI is InChI=1S/C20H18FN3O4/c1-28-17-8-2-14(3-9-17)12-23-10-11-24(20(27)19(23)26)13-18(25)22-16-6-4-15(21)5-7-16/h2-11H,12-13H2,1H3,(H,22,25). The van der Waals surface area contributed by atoms with Gasteiger partial charge in [-0.2, -0.15) is 0 Å². The fraction of sp³-hybridized carbons (Fsp3) is 0.150. The first-order valence-electron chi connectivity index (χ1n) is 8.44. The van der Waals surface area contributed by atoms with Crippen molar-refractivity contribution in [2.75, 3.05) is 12.4 Å². The number of aromatic nitrogens is 2. The van der Waals surface area contributed by atoms with Gasteiger partial charge in [0.05, 0.1) is 13.7 Å². The van der Waals surface area contributed by atoms with Crippen LogP contribution in [0.4, 0.5) is 10.1 Å². The number of amides is 1. The summed E-state index contributed by atoms with van der Waals surface area (Å²) in [5.74, 6) is -0.227. The van der Waals surface area contributed by atoms with Crippen LogP contribution in [0.1, 0.15) is 5.56 Å². The number of rotatable bonds is 6. The lowest BCUT2D eigenvalue weighted by Crippen LogP contribution is -2.42. The van der Waals surface area contributed by atoms with Gasteiger partial charge in [-0.1, -0.05) is 12.1 Å². The Hall–Kier alpha value is -3.68. The summed E-state index contributed by atoms with van der Waals surface area (Å²) in [6.45, 7) is -0.102. The highest BCUT2D eigenvalue weighted by atomic mass is 19.1. The van der Waals surface area contributed by atoms with Crippen LogP contribution in [-0.2, 0) is 17.9 Å². The van der Waals surface area contributed by atoms with Crippen molar-refractivity contribution in [1.29, 1.82) is 0 Å². The highest BCUT2D eigenvalue weighted by molar-refractivity contribution is 5.90. The molecule has 0 aliphatic carbocycles. The number of methoxy groups -OCH3 is 1. The molecule has 1 heterocycles. The van der Waals surface area contributed by atoms with E-state index < -0.39 is 22.8 Å². The van der Waals surface area contributed by atoms with Gasteiger partial charge in [-0.25, -0.2) is 4.39 Å². The van der Waals surface area contributed by atoms with Crippen molar-refractivity contribution in [2.24, 2.45) is 0 Å². The van der Waals surface area contributed by atoms with Crippen LogP contribution in [0.2, 0.25) is 0 Å². The largest absolute Gasteiger partial charge is 0.497 e. The van der Waals surface area contributed by atoms with Crippen LogP contribution in [0.5, 0.6) is 5.75 Å². The first-order valence-corrected chi connectivity index (χ1v) is 8.44. The first-order chi connectivity index (χ1) is 13.5. The van der Waals surface area contributed by atoms with Crippen molar-refractivity contribution in [3.63, 3.8) is 0 Å². The Bertz CT molecular complexity index is 1090. The van der Waals surface area contributed by atoms with Gasteiger partial charge in [-0.3, -0.25) is 19.0 Å². The molecule has 0 aliphatic heterocycles. The molecule has 28 heavy (non-hydrogen) atoms. The Kier molecular flexibility index (Phi) is 5.69. The van der Waals surface area contributed by atoms with Crippen LogP contribution < -0.4 is 21.2 Å². The third kappa shape index (κ3) is 4.53. The predicted octanol–water partition coefficient (Wildman–Crippen LogP) is 1.84. The molecule has 0 unspecified atom stereocenters. The third-order valence-electron chi connectivity index (χ3n) is 4.09. The summed E-state index contributed by atoms with van der Waals surface area (Å²) in [6.07, 6.45) is 2.84. The van der Waals surface area contributed by atoms with E-state index in [1.165, 1.54) is 41.2 Å². The second-order valence-corrected chi connectivity index (χ2v) is 6.07. The molecule has 0 spiro atoms. The van der Waals surface area contributed by atoms with Crippen LogP contribution in [-0.4, -0.2) is 22.2 Å². The van der Waals surface area contributed by atoms with Crippen LogP contribution >= 0.6 is 0 Å². The van der Waals surface area contributed by atoms with Gasteiger partial charge in [0, 0.05) is 18.1 Å². The Morgan fingerprint density at radius 3 is 2.21 bits per heavy atom. The van der Waals surface area contributed by atoms with Gasteiger partial charge in [0.15, 0.2) is 0 Å². The number of nitrogens with one attached hydrogen (secondary N) is 1. The van der Waals surface area contributed by atoms with Gasteiger partial charge in [0.25, 0.3) is 0 Å². The lowest BCUT2D eigenvalue weighted by atomic mass is 10.2. The molecule has 0 atom stereocenters. The van der Waals surface area contributed by atoms with Crippen LogP contribution in [0, 0.1) is 5.82 Å². The van der Waals surface area contributed by atoms with Gasteiger partial charge >= 0.3 is 11.1 Å². The smallest absolute Gasteiger partial charge is 0.316 e. The molecule has 0 saturated heterocycles. The average Bonchev–Trinajstić information content (AvgIpc) is 2.70. The van der Waals surface area contributed by atoms with Crippen molar-refractivity contribution < 1.29 is 13.9 Å². The van der Waals surface area contributed by atoms with E-state index in [9.17, 15) is 18.8 Å². The summed E-state index contributed by atoms with van der Waals surface area (Å²) in [4.78, 5) is 36.7. The summed E-state index contributed by atoms with van der Waals surface area (Å²) in [7, 11) is 1.56. The van der Waals surface area contributed by atoms with Gasteiger partial charge in [0.1, 0.15) is 18.1 Å².